The molecule has 0 aliphatic heterocycles. The summed E-state index contributed by atoms with van der Waals surface area (Å²) >= 11 is 5.84. The standard InChI is InChI=1S/C15H12ClNO3/c1-9-5-6-10(15(19)20)7-13(9)14(18)17-12-4-2-3-11(16)8-12/h2-8H,1H3,(H,17,18)(H,19,20). The van der Waals surface area contributed by atoms with E-state index < -0.39 is 5.97 Å². The van der Waals surface area contributed by atoms with Gasteiger partial charge in [0.25, 0.3) is 5.91 Å². The minimum absolute atomic E-state index is 0.0758. The van der Waals surface area contributed by atoms with Crippen molar-refractivity contribution in [2.75, 3.05) is 5.32 Å². The summed E-state index contributed by atoms with van der Waals surface area (Å²) in [6.07, 6.45) is 0. The summed E-state index contributed by atoms with van der Waals surface area (Å²) in [6.45, 7) is 1.75. The topological polar surface area (TPSA) is 66.4 Å². The molecule has 1 amide bonds. The Morgan fingerprint density at radius 2 is 1.90 bits per heavy atom. The molecule has 0 aliphatic rings. The number of nitrogens with one attached hydrogen (secondary N) is 1. The van der Waals surface area contributed by atoms with Gasteiger partial charge in [0.05, 0.1) is 5.56 Å². The average Bonchev–Trinajstić information content (AvgIpc) is 2.38. The number of halogens is 1. The third-order valence-electron chi connectivity index (χ3n) is 2.81. The quantitative estimate of drug-likeness (QED) is 0.907. The van der Waals surface area contributed by atoms with Crippen LogP contribution in [0, 0.1) is 6.92 Å². The molecule has 2 N–H and O–H groups in total. The van der Waals surface area contributed by atoms with Crippen LogP contribution >= 0.6 is 11.6 Å². The largest absolute Gasteiger partial charge is 0.478 e. The predicted molar refractivity (Wildman–Crippen MR) is 77.5 cm³/mol. The molecule has 0 saturated carbocycles. The number of carbonyl (C=O) groups is 2. The molecule has 0 spiro atoms. The number of anilines is 1. The maximum atomic E-state index is 12.2. The van der Waals surface area contributed by atoms with Gasteiger partial charge in [-0.2, -0.15) is 0 Å². The van der Waals surface area contributed by atoms with Crippen LogP contribution in [0.1, 0.15) is 26.3 Å². The molecule has 0 atom stereocenters. The molecule has 20 heavy (non-hydrogen) atoms. The third kappa shape index (κ3) is 3.16. The summed E-state index contributed by atoms with van der Waals surface area (Å²) in [7, 11) is 0. The number of aryl methyl sites for hydroxylation is 1. The molecule has 5 heteroatoms. The lowest BCUT2D eigenvalue weighted by atomic mass is 10.0. The van der Waals surface area contributed by atoms with E-state index in [0.29, 0.717) is 21.8 Å². The first-order valence-electron chi connectivity index (χ1n) is 5.88. The highest BCUT2D eigenvalue weighted by Crippen LogP contribution is 2.18. The Labute approximate surface area is 121 Å². The van der Waals surface area contributed by atoms with Gasteiger partial charge in [0.2, 0.25) is 0 Å². The van der Waals surface area contributed by atoms with Gasteiger partial charge in [-0.05, 0) is 42.8 Å². The second-order valence-corrected chi connectivity index (χ2v) is 4.74. The van der Waals surface area contributed by atoms with Crippen LogP contribution in [0.3, 0.4) is 0 Å². The number of rotatable bonds is 3. The fourth-order valence-corrected chi connectivity index (χ4v) is 1.95. The summed E-state index contributed by atoms with van der Waals surface area (Å²) in [5, 5.41) is 12.2. The summed E-state index contributed by atoms with van der Waals surface area (Å²) in [4.78, 5) is 23.1. The Hall–Kier alpha value is -2.33. The number of carboxylic acid groups (broad SMARTS) is 1. The molecular formula is C15H12ClNO3. The molecule has 0 saturated heterocycles. The summed E-state index contributed by atoms with van der Waals surface area (Å²) in [5.41, 5.74) is 1.66. The number of amides is 1. The summed E-state index contributed by atoms with van der Waals surface area (Å²) in [6, 6.07) is 11.2. The van der Waals surface area contributed by atoms with E-state index in [2.05, 4.69) is 5.32 Å². The van der Waals surface area contributed by atoms with Crippen LogP contribution in [0.2, 0.25) is 5.02 Å². The zero-order valence-corrected chi connectivity index (χ0v) is 11.4. The number of carboxylic acids is 1. The minimum atomic E-state index is -1.07. The number of carbonyl (C=O) groups excluding carboxylic acids is 1. The van der Waals surface area contributed by atoms with Crippen LogP contribution in [0.15, 0.2) is 42.5 Å². The van der Waals surface area contributed by atoms with E-state index in [1.807, 2.05) is 0 Å². The van der Waals surface area contributed by atoms with Crippen molar-refractivity contribution in [1.82, 2.24) is 0 Å². The van der Waals surface area contributed by atoms with Gasteiger partial charge < -0.3 is 10.4 Å². The SMILES string of the molecule is Cc1ccc(C(=O)O)cc1C(=O)Nc1cccc(Cl)c1. The van der Waals surface area contributed by atoms with Crippen LogP contribution in [0.5, 0.6) is 0 Å². The first-order valence-corrected chi connectivity index (χ1v) is 6.26. The van der Waals surface area contributed by atoms with Crippen molar-refractivity contribution in [3.8, 4) is 0 Å². The highest BCUT2D eigenvalue weighted by Gasteiger charge is 2.13. The molecule has 0 aliphatic carbocycles. The smallest absolute Gasteiger partial charge is 0.335 e. The average molecular weight is 290 g/mol. The van der Waals surface area contributed by atoms with Crippen molar-refractivity contribution in [1.29, 1.82) is 0 Å². The molecular weight excluding hydrogens is 278 g/mol. The molecule has 2 aromatic rings. The summed E-state index contributed by atoms with van der Waals surface area (Å²) < 4.78 is 0. The Morgan fingerprint density at radius 3 is 2.55 bits per heavy atom. The lowest BCUT2D eigenvalue weighted by molar-refractivity contribution is 0.0697. The van der Waals surface area contributed by atoms with Crippen molar-refractivity contribution in [2.24, 2.45) is 0 Å². The second kappa shape index (κ2) is 5.75. The molecule has 2 rings (SSSR count). The Kier molecular flexibility index (Phi) is 4.05. The Morgan fingerprint density at radius 1 is 1.15 bits per heavy atom. The van der Waals surface area contributed by atoms with Crippen LogP contribution in [-0.2, 0) is 0 Å². The van der Waals surface area contributed by atoms with Crippen LogP contribution in [0.25, 0.3) is 0 Å². The normalized spacial score (nSPS) is 10.1. The number of benzene rings is 2. The molecule has 0 heterocycles. The first kappa shape index (κ1) is 14.1. The van der Waals surface area contributed by atoms with Crippen molar-refractivity contribution in [3.05, 3.63) is 64.2 Å². The van der Waals surface area contributed by atoms with Crippen LogP contribution in [-0.4, -0.2) is 17.0 Å². The maximum absolute atomic E-state index is 12.2. The van der Waals surface area contributed by atoms with E-state index in [0.717, 1.165) is 0 Å². The fourth-order valence-electron chi connectivity index (χ4n) is 1.76. The highest BCUT2D eigenvalue weighted by atomic mass is 35.5. The van der Waals surface area contributed by atoms with Gasteiger partial charge in [0.15, 0.2) is 0 Å². The molecule has 2 aromatic carbocycles. The fraction of sp³-hybridized carbons (Fsp3) is 0.0667. The lowest BCUT2D eigenvalue weighted by Crippen LogP contribution is -2.14. The monoisotopic (exact) mass is 289 g/mol. The summed E-state index contributed by atoms with van der Waals surface area (Å²) in [5.74, 6) is -1.44. The number of hydrogen-bond acceptors (Lipinski definition) is 2. The number of aromatic carboxylic acids is 1. The molecule has 0 fully saturated rings. The predicted octanol–water partition coefficient (Wildman–Crippen LogP) is 3.60. The van der Waals surface area contributed by atoms with Gasteiger partial charge in [-0.15, -0.1) is 0 Å². The Balaban J connectivity index is 2.29. The van der Waals surface area contributed by atoms with Gasteiger partial charge in [-0.25, -0.2) is 4.79 Å². The van der Waals surface area contributed by atoms with E-state index in [9.17, 15) is 9.59 Å². The zero-order valence-electron chi connectivity index (χ0n) is 10.7. The van der Waals surface area contributed by atoms with Crippen molar-refractivity contribution < 1.29 is 14.7 Å². The molecule has 4 nitrogen and oxygen atoms in total. The van der Waals surface area contributed by atoms with Crippen LogP contribution in [0.4, 0.5) is 5.69 Å². The van der Waals surface area contributed by atoms with E-state index >= 15 is 0 Å². The molecule has 0 radical (unpaired) electrons. The molecule has 0 unspecified atom stereocenters. The van der Waals surface area contributed by atoms with Gasteiger partial charge in [0, 0.05) is 16.3 Å². The molecule has 0 aromatic heterocycles. The first-order chi connectivity index (χ1) is 9.47. The van der Waals surface area contributed by atoms with Gasteiger partial charge >= 0.3 is 5.97 Å². The lowest BCUT2D eigenvalue weighted by Gasteiger charge is -2.09. The minimum Gasteiger partial charge on any atom is -0.478 e. The molecule has 102 valence electrons. The third-order valence-corrected chi connectivity index (χ3v) is 3.05. The van der Waals surface area contributed by atoms with E-state index in [1.54, 1.807) is 37.3 Å². The number of hydrogen-bond donors (Lipinski definition) is 2. The van der Waals surface area contributed by atoms with Gasteiger partial charge in [-0.3, -0.25) is 4.79 Å². The van der Waals surface area contributed by atoms with Gasteiger partial charge in [-0.1, -0.05) is 23.7 Å². The Bertz CT molecular complexity index is 683. The zero-order chi connectivity index (χ0) is 14.7. The van der Waals surface area contributed by atoms with E-state index in [1.165, 1.54) is 12.1 Å². The van der Waals surface area contributed by atoms with E-state index in [4.69, 9.17) is 16.7 Å². The van der Waals surface area contributed by atoms with Crippen molar-refractivity contribution >= 4 is 29.2 Å². The molecule has 0 bridgehead atoms. The maximum Gasteiger partial charge on any atom is 0.335 e. The van der Waals surface area contributed by atoms with Crippen LogP contribution < -0.4 is 5.32 Å². The van der Waals surface area contributed by atoms with Crippen molar-refractivity contribution in [3.63, 3.8) is 0 Å². The van der Waals surface area contributed by atoms with Gasteiger partial charge in [0.1, 0.15) is 0 Å². The second-order valence-electron chi connectivity index (χ2n) is 4.30. The van der Waals surface area contributed by atoms with E-state index in [-0.39, 0.29) is 11.5 Å². The van der Waals surface area contributed by atoms with Crippen molar-refractivity contribution in [2.45, 2.75) is 6.92 Å². The highest BCUT2D eigenvalue weighted by molar-refractivity contribution is 6.31.